The number of hydrogen-bond acceptors (Lipinski definition) is 3. The van der Waals surface area contributed by atoms with Gasteiger partial charge in [0.1, 0.15) is 0 Å². The Labute approximate surface area is 76.4 Å². The standard InChI is InChI=1S/C9H12N2O2/c12-9(13)7-5-10-3-1-6-2-4-11-8(6)7/h5-6,11H,1-4H2,(H,12,13). The van der Waals surface area contributed by atoms with Crippen LogP contribution in [-0.4, -0.2) is 30.4 Å². The van der Waals surface area contributed by atoms with E-state index in [0.717, 1.165) is 31.6 Å². The maximum absolute atomic E-state index is 10.9. The predicted molar refractivity (Wildman–Crippen MR) is 48.7 cm³/mol. The Morgan fingerprint density at radius 1 is 1.62 bits per heavy atom. The molecule has 4 nitrogen and oxygen atoms in total. The molecule has 0 amide bonds. The van der Waals surface area contributed by atoms with Crippen molar-refractivity contribution < 1.29 is 9.90 Å². The summed E-state index contributed by atoms with van der Waals surface area (Å²) in [5, 5.41) is 12.1. The van der Waals surface area contributed by atoms with Crippen molar-refractivity contribution in [2.45, 2.75) is 12.8 Å². The zero-order chi connectivity index (χ0) is 9.26. The number of nitrogens with zero attached hydrogens (tertiary/aromatic N) is 1. The summed E-state index contributed by atoms with van der Waals surface area (Å²) in [6.45, 7) is 1.64. The second kappa shape index (κ2) is 3.20. The lowest BCUT2D eigenvalue weighted by molar-refractivity contribution is -0.132. The first-order chi connectivity index (χ1) is 6.29. The highest BCUT2D eigenvalue weighted by Crippen LogP contribution is 2.26. The van der Waals surface area contributed by atoms with E-state index in [9.17, 15) is 4.79 Å². The lowest BCUT2D eigenvalue weighted by Gasteiger charge is -2.08. The van der Waals surface area contributed by atoms with Crippen LogP contribution in [0, 0.1) is 5.92 Å². The normalized spacial score (nSPS) is 26.6. The number of aliphatic carboxylic acids is 1. The zero-order valence-electron chi connectivity index (χ0n) is 7.29. The summed E-state index contributed by atoms with van der Waals surface area (Å²) >= 11 is 0. The van der Waals surface area contributed by atoms with Gasteiger partial charge in [-0.1, -0.05) is 0 Å². The topological polar surface area (TPSA) is 61.7 Å². The van der Waals surface area contributed by atoms with E-state index in [2.05, 4.69) is 10.3 Å². The average Bonchev–Trinajstić information content (AvgIpc) is 2.44. The van der Waals surface area contributed by atoms with Crippen molar-refractivity contribution in [2.75, 3.05) is 13.1 Å². The van der Waals surface area contributed by atoms with Crippen LogP contribution in [0.15, 0.2) is 16.3 Å². The van der Waals surface area contributed by atoms with Gasteiger partial charge in [0.05, 0.1) is 5.57 Å². The van der Waals surface area contributed by atoms with Crippen LogP contribution in [-0.2, 0) is 4.79 Å². The number of carboxylic acids is 1. The molecular formula is C9H12N2O2. The van der Waals surface area contributed by atoms with Crippen LogP contribution >= 0.6 is 0 Å². The first kappa shape index (κ1) is 8.29. The summed E-state index contributed by atoms with van der Waals surface area (Å²) in [7, 11) is 0. The number of allylic oxidation sites excluding steroid dienone is 1. The van der Waals surface area contributed by atoms with Gasteiger partial charge in [-0.05, 0) is 12.8 Å². The van der Waals surface area contributed by atoms with Gasteiger partial charge in [0.25, 0.3) is 0 Å². The minimum absolute atomic E-state index is 0.347. The third-order valence-electron chi connectivity index (χ3n) is 2.56. The molecule has 70 valence electrons. The molecule has 1 atom stereocenters. The third-order valence-corrected chi connectivity index (χ3v) is 2.56. The molecule has 2 rings (SSSR count). The summed E-state index contributed by atoms with van der Waals surface area (Å²) in [5.74, 6) is -0.492. The lowest BCUT2D eigenvalue weighted by atomic mass is 9.99. The average molecular weight is 180 g/mol. The molecule has 0 spiro atoms. The van der Waals surface area contributed by atoms with Crippen LogP contribution in [0.4, 0.5) is 0 Å². The van der Waals surface area contributed by atoms with Crippen LogP contribution in [0.2, 0.25) is 0 Å². The highest BCUT2D eigenvalue weighted by atomic mass is 16.4. The van der Waals surface area contributed by atoms with E-state index in [0.29, 0.717) is 11.5 Å². The molecule has 1 fully saturated rings. The van der Waals surface area contributed by atoms with Gasteiger partial charge in [0.2, 0.25) is 0 Å². The number of hydrogen-bond donors (Lipinski definition) is 2. The second-order valence-corrected chi connectivity index (χ2v) is 3.37. The maximum atomic E-state index is 10.9. The Hall–Kier alpha value is -1.32. The predicted octanol–water partition coefficient (Wildman–Crippen LogP) is 0.409. The highest BCUT2D eigenvalue weighted by Gasteiger charge is 2.27. The Kier molecular flexibility index (Phi) is 2.04. The number of carboxylic acid groups (broad SMARTS) is 1. The minimum Gasteiger partial charge on any atom is -0.478 e. The van der Waals surface area contributed by atoms with Gasteiger partial charge >= 0.3 is 5.97 Å². The molecule has 2 heterocycles. The van der Waals surface area contributed by atoms with E-state index in [4.69, 9.17) is 5.11 Å². The van der Waals surface area contributed by atoms with E-state index in [-0.39, 0.29) is 0 Å². The number of carbonyl (C=O) groups is 1. The molecule has 0 aromatic carbocycles. The number of fused-ring (bicyclic) bond motifs is 1. The van der Waals surface area contributed by atoms with Crippen LogP contribution in [0.1, 0.15) is 12.8 Å². The molecule has 0 radical (unpaired) electrons. The quantitative estimate of drug-likeness (QED) is 0.614. The molecule has 2 aliphatic rings. The van der Waals surface area contributed by atoms with Crippen LogP contribution < -0.4 is 5.32 Å². The van der Waals surface area contributed by atoms with Gasteiger partial charge in [-0.3, -0.25) is 4.99 Å². The first-order valence-electron chi connectivity index (χ1n) is 4.50. The summed E-state index contributed by atoms with van der Waals surface area (Å²) < 4.78 is 0. The molecule has 0 aromatic rings. The molecular weight excluding hydrogens is 168 g/mol. The smallest absolute Gasteiger partial charge is 0.339 e. The Balaban J connectivity index is 2.38. The summed E-state index contributed by atoms with van der Waals surface area (Å²) in [6.07, 6.45) is 3.49. The fourth-order valence-electron chi connectivity index (χ4n) is 1.90. The molecule has 0 aliphatic carbocycles. The number of nitrogens with one attached hydrogen (secondary N) is 1. The van der Waals surface area contributed by atoms with Crippen LogP contribution in [0.3, 0.4) is 0 Å². The summed E-state index contributed by atoms with van der Waals surface area (Å²) in [5.41, 5.74) is 1.23. The molecule has 2 N–H and O–H groups in total. The molecule has 2 aliphatic heterocycles. The minimum atomic E-state index is -0.875. The molecule has 13 heavy (non-hydrogen) atoms. The van der Waals surface area contributed by atoms with Crippen LogP contribution in [0.25, 0.3) is 0 Å². The van der Waals surface area contributed by atoms with Crippen molar-refractivity contribution in [2.24, 2.45) is 10.9 Å². The SMILES string of the molecule is O=C(O)C1=C2NCCC2CCN=C1. The lowest BCUT2D eigenvalue weighted by Crippen LogP contribution is -2.15. The van der Waals surface area contributed by atoms with Gasteiger partial charge < -0.3 is 10.4 Å². The monoisotopic (exact) mass is 180 g/mol. The summed E-state index contributed by atoms with van der Waals surface area (Å²) in [4.78, 5) is 14.9. The fourth-order valence-corrected chi connectivity index (χ4v) is 1.90. The van der Waals surface area contributed by atoms with Crippen molar-refractivity contribution >= 4 is 12.2 Å². The molecule has 0 saturated carbocycles. The van der Waals surface area contributed by atoms with Crippen LogP contribution in [0.5, 0.6) is 0 Å². The van der Waals surface area contributed by atoms with Crippen molar-refractivity contribution in [3.05, 3.63) is 11.3 Å². The van der Waals surface area contributed by atoms with Gasteiger partial charge in [-0.15, -0.1) is 0 Å². The Bertz CT molecular complexity index is 294. The Morgan fingerprint density at radius 2 is 2.46 bits per heavy atom. The molecule has 4 heteroatoms. The van der Waals surface area contributed by atoms with E-state index >= 15 is 0 Å². The van der Waals surface area contributed by atoms with E-state index < -0.39 is 5.97 Å². The highest BCUT2D eigenvalue weighted by molar-refractivity contribution is 6.09. The van der Waals surface area contributed by atoms with E-state index in [1.54, 1.807) is 0 Å². The largest absolute Gasteiger partial charge is 0.478 e. The molecule has 1 unspecified atom stereocenters. The number of aliphatic imine (C=N–C) groups is 1. The van der Waals surface area contributed by atoms with Crippen molar-refractivity contribution in [3.8, 4) is 0 Å². The van der Waals surface area contributed by atoms with Gasteiger partial charge in [-0.2, -0.15) is 0 Å². The number of rotatable bonds is 1. The van der Waals surface area contributed by atoms with Gasteiger partial charge in [0, 0.05) is 30.9 Å². The van der Waals surface area contributed by atoms with E-state index in [1.807, 2.05) is 0 Å². The fraction of sp³-hybridized carbons (Fsp3) is 0.556. The van der Waals surface area contributed by atoms with Crippen molar-refractivity contribution in [3.63, 3.8) is 0 Å². The molecule has 0 aromatic heterocycles. The maximum Gasteiger partial charge on any atom is 0.339 e. The molecule has 0 bridgehead atoms. The van der Waals surface area contributed by atoms with Gasteiger partial charge in [-0.25, -0.2) is 4.79 Å². The zero-order valence-corrected chi connectivity index (χ0v) is 7.29. The van der Waals surface area contributed by atoms with E-state index in [1.165, 1.54) is 6.21 Å². The Morgan fingerprint density at radius 3 is 3.23 bits per heavy atom. The second-order valence-electron chi connectivity index (χ2n) is 3.37. The summed E-state index contributed by atoms with van der Waals surface area (Å²) in [6, 6.07) is 0. The van der Waals surface area contributed by atoms with Crippen molar-refractivity contribution in [1.82, 2.24) is 5.32 Å². The molecule has 1 saturated heterocycles. The third kappa shape index (κ3) is 1.43. The van der Waals surface area contributed by atoms with Gasteiger partial charge in [0.15, 0.2) is 0 Å². The first-order valence-corrected chi connectivity index (χ1v) is 4.50. The van der Waals surface area contributed by atoms with Crippen molar-refractivity contribution in [1.29, 1.82) is 0 Å².